The molecule has 1 aromatic heterocycles. The highest BCUT2D eigenvalue weighted by molar-refractivity contribution is 9.10. The first-order chi connectivity index (χ1) is 15.5. The second-order valence-electron chi connectivity index (χ2n) is 7.25. The number of para-hydroxylation sites is 1. The fourth-order valence-electron chi connectivity index (χ4n) is 3.33. The van der Waals surface area contributed by atoms with Gasteiger partial charge in [-0.3, -0.25) is 9.10 Å². The van der Waals surface area contributed by atoms with Crippen LogP contribution in [0.15, 0.2) is 58.1 Å². The van der Waals surface area contributed by atoms with Crippen LogP contribution in [-0.4, -0.2) is 37.9 Å². The van der Waals surface area contributed by atoms with E-state index >= 15 is 0 Å². The molecular weight excluding hydrogens is 551 g/mol. The molecule has 3 aromatic rings. The molecule has 7 nitrogen and oxygen atoms in total. The van der Waals surface area contributed by atoms with Crippen LogP contribution in [0.5, 0.6) is 0 Å². The largest absolute Gasteiger partial charge is 0.316 e. The van der Waals surface area contributed by atoms with Crippen LogP contribution in [0.4, 0.5) is 5.69 Å². The van der Waals surface area contributed by atoms with Crippen molar-refractivity contribution >= 4 is 67.0 Å². The summed E-state index contributed by atoms with van der Waals surface area (Å²) < 4.78 is 28.0. The van der Waals surface area contributed by atoms with Crippen LogP contribution in [0.1, 0.15) is 17.0 Å². The van der Waals surface area contributed by atoms with Crippen molar-refractivity contribution in [1.82, 2.24) is 9.99 Å². The fraction of sp³-hybridized carbons (Fsp3) is 0.182. The highest BCUT2D eigenvalue weighted by Gasteiger charge is 2.22. The van der Waals surface area contributed by atoms with E-state index < -0.39 is 22.5 Å². The van der Waals surface area contributed by atoms with E-state index in [-0.39, 0.29) is 0 Å². The molecule has 3 rings (SSSR count). The van der Waals surface area contributed by atoms with E-state index in [1.807, 2.05) is 36.6 Å². The van der Waals surface area contributed by atoms with E-state index in [0.29, 0.717) is 20.2 Å². The van der Waals surface area contributed by atoms with Gasteiger partial charge >= 0.3 is 0 Å². The Kier molecular flexibility index (Phi) is 7.89. The van der Waals surface area contributed by atoms with Gasteiger partial charge in [-0.1, -0.05) is 41.4 Å². The number of sulfonamides is 1. The second kappa shape index (κ2) is 10.3. The van der Waals surface area contributed by atoms with Crippen molar-refractivity contribution in [2.24, 2.45) is 5.10 Å². The molecule has 0 saturated carbocycles. The molecule has 0 radical (unpaired) electrons. The molecule has 0 bridgehead atoms. The van der Waals surface area contributed by atoms with Crippen LogP contribution >= 0.6 is 39.1 Å². The molecule has 33 heavy (non-hydrogen) atoms. The molecule has 0 saturated heterocycles. The smallest absolute Gasteiger partial charge is 0.260 e. The number of hydrazone groups is 1. The number of aryl methyl sites for hydroxylation is 1. The number of amides is 1. The number of benzene rings is 2. The Morgan fingerprint density at radius 2 is 1.88 bits per heavy atom. The Bertz CT molecular complexity index is 1340. The number of nitrogens with one attached hydrogen (secondary N) is 1. The molecule has 0 unspecified atom stereocenters. The van der Waals surface area contributed by atoms with Crippen LogP contribution in [0.3, 0.4) is 0 Å². The SMILES string of the molecule is Cc1cc(/C=N\NC(=O)CN(c2ccccc2Br)S(C)(=O)=O)c(C)n1-c1cccc(Cl)c1Cl. The predicted octanol–water partition coefficient (Wildman–Crippen LogP) is 5.08. The zero-order valence-electron chi connectivity index (χ0n) is 18.0. The summed E-state index contributed by atoms with van der Waals surface area (Å²) in [5.74, 6) is -0.584. The summed E-state index contributed by atoms with van der Waals surface area (Å²) in [7, 11) is -3.70. The molecule has 1 N–H and O–H groups in total. The maximum atomic E-state index is 12.5. The van der Waals surface area contributed by atoms with Gasteiger partial charge in [0, 0.05) is 21.4 Å². The van der Waals surface area contributed by atoms with Gasteiger partial charge in [0.2, 0.25) is 10.0 Å². The van der Waals surface area contributed by atoms with E-state index in [2.05, 4.69) is 26.5 Å². The topological polar surface area (TPSA) is 83.8 Å². The van der Waals surface area contributed by atoms with Crippen LogP contribution in [0.2, 0.25) is 10.0 Å². The maximum Gasteiger partial charge on any atom is 0.260 e. The zero-order chi connectivity index (χ0) is 24.3. The quantitative estimate of drug-likeness (QED) is 0.317. The minimum absolute atomic E-state index is 0.362. The molecule has 0 aliphatic rings. The first-order valence-corrected chi connectivity index (χ1v) is 13.1. The Hall–Kier alpha value is -2.33. The normalized spacial score (nSPS) is 11.7. The molecule has 0 fully saturated rings. The predicted molar refractivity (Wildman–Crippen MR) is 137 cm³/mol. The van der Waals surface area contributed by atoms with Crippen LogP contribution in [-0.2, 0) is 14.8 Å². The Labute approximate surface area is 211 Å². The zero-order valence-corrected chi connectivity index (χ0v) is 21.9. The van der Waals surface area contributed by atoms with Crippen molar-refractivity contribution in [2.75, 3.05) is 17.1 Å². The lowest BCUT2D eigenvalue weighted by molar-refractivity contribution is -0.119. The third-order valence-electron chi connectivity index (χ3n) is 4.84. The number of anilines is 1. The Balaban J connectivity index is 1.78. The van der Waals surface area contributed by atoms with Gasteiger partial charge in [-0.15, -0.1) is 0 Å². The minimum atomic E-state index is -3.70. The lowest BCUT2D eigenvalue weighted by atomic mass is 10.2. The van der Waals surface area contributed by atoms with Gasteiger partial charge in [0.15, 0.2) is 0 Å². The molecular formula is C22H21BrCl2N4O3S. The summed E-state index contributed by atoms with van der Waals surface area (Å²) in [6.45, 7) is 3.39. The number of halogens is 3. The fourth-order valence-corrected chi connectivity index (χ4v) is 5.19. The minimum Gasteiger partial charge on any atom is -0.316 e. The van der Waals surface area contributed by atoms with Crippen LogP contribution < -0.4 is 9.73 Å². The Morgan fingerprint density at radius 1 is 1.18 bits per heavy atom. The van der Waals surface area contributed by atoms with E-state index in [4.69, 9.17) is 23.2 Å². The molecule has 0 aliphatic carbocycles. The van der Waals surface area contributed by atoms with Gasteiger partial charge in [-0.05, 0) is 60.1 Å². The molecule has 0 aliphatic heterocycles. The molecule has 0 atom stereocenters. The number of carbonyl (C=O) groups is 1. The van der Waals surface area contributed by atoms with Gasteiger partial charge in [0.25, 0.3) is 5.91 Å². The van der Waals surface area contributed by atoms with Gasteiger partial charge in [0.1, 0.15) is 6.54 Å². The van der Waals surface area contributed by atoms with Crippen molar-refractivity contribution in [2.45, 2.75) is 13.8 Å². The third kappa shape index (κ3) is 5.78. The monoisotopic (exact) mass is 570 g/mol. The summed E-state index contributed by atoms with van der Waals surface area (Å²) in [6, 6.07) is 14.0. The number of nitrogens with zero attached hydrogens (tertiary/aromatic N) is 3. The van der Waals surface area contributed by atoms with E-state index in [1.165, 1.54) is 6.21 Å². The summed E-state index contributed by atoms with van der Waals surface area (Å²) >= 11 is 15.8. The number of hydrogen-bond donors (Lipinski definition) is 1. The average molecular weight is 572 g/mol. The molecule has 0 spiro atoms. The molecule has 1 amide bonds. The summed E-state index contributed by atoms with van der Waals surface area (Å²) in [6.07, 6.45) is 2.54. The molecule has 2 aromatic carbocycles. The van der Waals surface area contributed by atoms with Crippen LogP contribution in [0, 0.1) is 13.8 Å². The maximum absolute atomic E-state index is 12.5. The Morgan fingerprint density at radius 3 is 2.55 bits per heavy atom. The second-order valence-corrected chi connectivity index (χ2v) is 10.8. The number of aromatic nitrogens is 1. The first-order valence-electron chi connectivity index (χ1n) is 9.68. The van der Waals surface area contributed by atoms with E-state index in [0.717, 1.165) is 33.2 Å². The van der Waals surface area contributed by atoms with Crippen molar-refractivity contribution in [3.05, 3.63) is 80.0 Å². The lowest BCUT2D eigenvalue weighted by Gasteiger charge is -2.22. The molecule has 11 heteroatoms. The first kappa shape index (κ1) is 25.3. The van der Waals surface area contributed by atoms with Crippen LogP contribution in [0.25, 0.3) is 5.69 Å². The average Bonchev–Trinajstić information content (AvgIpc) is 3.01. The van der Waals surface area contributed by atoms with E-state index in [1.54, 1.807) is 30.3 Å². The summed E-state index contributed by atoms with van der Waals surface area (Å²) in [5, 5.41) is 4.90. The molecule has 1 heterocycles. The van der Waals surface area contributed by atoms with Gasteiger partial charge < -0.3 is 4.57 Å². The highest BCUT2D eigenvalue weighted by atomic mass is 79.9. The van der Waals surface area contributed by atoms with Crippen molar-refractivity contribution in [3.63, 3.8) is 0 Å². The highest BCUT2D eigenvalue weighted by Crippen LogP contribution is 2.31. The lowest BCUT2D eigenvalue weighted by Crippen LogP contribution is -2.39. The van der Waals surface area contributed by atoms with E-state index in [9.17, 15) is 13.2 Å². The summed E-state index contributed by atoms with van der Waals surface area (Å²) in [4.78, 5) is 12.5. The van der Waals surface area contributed by atoms with Crippen molar-refractivity contribution in [1.29, 1.82) is 0 Å². The summed E-state index contributed by atoms with van der Waals surface area (Å²) in [5.41, 5.74) is 6.00. The van der Waals surface area contributed by atoms with Gasteiger partial charge in [0.05, 0.1) is 33.9 Å². The van der Waals surface area contributed by atoms with Gasteiger partial charge in [-0.2, -0.15) is 5.10 Å². The third-order valence-corrected chi connectivity index (χ3v) is 7.45. The number of hydrogen-bond acceptors (Lipinski definition) is 4. The molecule has 174 valence electrons. The number of carbonyl (C=O) groups excluding carboxylic acids is 1. The number of rotatable bonds is 7. The van der Waals surface area contributed by atoms with Crippen molar-refractivity contribution < 1.29 is 13.2 Å². The standard InChI is InChI=1S/C22H21BrCl2N4O3S/c1-14-11-16(15(2)29(14)20-10-6-8-18(24)22(20)25)12-26-27-21(30)13-28(33(3,31)32)19-9-5-4-7-17(19)23/h4-12H,13H2,1-3H3,(H,27,30)/b26-12-. The van der Waals surface area contributed by atoms with Gasteiger partial charge in [-0.25, -0.2) is 13.8 Å². The van der Waals surface area contributed by atoms with Crippen molar-refractivity contribution in [3.8, 4) is 5.69 Å².